The van der Waals surface area contributed by atoms with Crippen LogP contribution in [0.5, 0.6) is 0 Å². The van der Waals surface area contributed by atoms with Crippen LogP contribution in [0.4, 0.5) is 5.69 Å². The van der Waals surface area contributed by atoms with Gasteiger partial charge >= 0.3 is 0 Å². The van der Waals surface area contributed by atoms with Gasteiger partial charge in [-0.05, 0) is 29.8 Å². The highest BCUT2D eigenvalue weighted by molar-refractivity contribution is 5.93. The number of hydroxylamine groups is 1. The van der Waals surface area contributed by atoms with E-state index >= 15 is 0 Å². The van der Waals surface area contributed by atoms with E-state index in [1.807, 2.05) is 16.8 Å². The van der Waals surface area contributed by atoms with Gasteiger partial charge in [-0.2, -0.15) is 0 Å². The maximum Gasteiger partial charge on any atom is 0.274 e. The fourth-order valence-corrected chi connectivity index (χ4v) is 2.46. The fraction of sp³-hybridized carbons (Fsp3) is 0.0625. The number of hydrogen-bond acceptors (Lipinski definition) is 4. The zero-order valence-electron chi connectivity index (χ0n) is 12.0. The fourth-order valence-electron chi connectivity index (χ4n) is 2.46. The van der Waals surface area contributed by atoms with E-state index in [0.717, 1.165) is 16.5 Å². The molecule has 0 aliphatic rings. The largest absolute Gasteiger partial charge is 0.343 e. The van der Waals surface area contributed by atoms with Crippen LogP contribution in [0, 0.1) is 10.1 Å². The number of nitro groups is 1. The number of aromatic nitrogens is 1. The van der Waals surface area contributed by atoms with Crippen LogP contribution < -0.4 is 5.48 Å². The van der Waals surface area contributed by atoms with Crippen molar-refractivity contribution in [2.75, 3.05) is 0 Å². The maximum atomic E-state index is 11.3. The average Bonchev–Trinajstić information content (AvgIpc) is 2.97. The molecule has 3 aromatic rings. The normalized spacial score (nSPS) is 10.7. The first kappa shape index (κ1) is 14.7. The van der Waals surface area contributed by atoms with Crippen LogP contribution in [0.15, 0.2) is 54.7 Å². The Morgan fingerprint density at radius 1 is 1.17 bits per heavy atom. The van der Waals surface area contributed by atoms with Gasteiger partial charge in [0.15, 0.2) is 0 Å². The highest BCUT2D eigenvalue weighted by atomic mass is 16.6. The van der Waals surface area contributed by atoms with Crippen molar-refractivity contribution in [1.29, 1.82) is 0 Å². The number of rotatable bonds is 4. The number of hydrogen-bond donors (Lipinski definition) is 2. The van der Waals surface area contributed by atoms with Crippen molar-refractivity contribution in [3.8, 4) is 0 Å². The zero-order valence-corrected chi connectivity index (χ0v) is 12.0. The number of nitrogens with one attached hydrogen (secondary N) is 1. The van der Waals surface area contributed by atoms with E-state index in [1.165, 1.54) is 6.07 Å². The summed E-state index contributed by atoms with van der Waals surface area (Å²) in [6.45, 7) is 0.572. The van der Waals surface area contributed by atoms with Crippen molar-refractivity contribution >= 4 is 22.5 Å². The van der Waals surface area contributed by atoms with Crippen molar-refractivity contribution < 1.29 is 14.9 Å². The van der Waals surface area contributed by atoms with Gasteiger partial charge in [-0.15, -0.1) is 0 Å². The second kappa shape index (κ2) is 5.90. The summed E-state index contributed by atoms with van der Waals surface area (Å²) in [5.74, 6) is -0.560. The zero-order chi connectivity index (χ0) is 16.4. The quantitative estimate of drug-likeness (QED) is 0.440. The van der Waals surface area contributed by atoms with Crippen LogP contribution in [-0.2, 0) is 6.54 Å². The Balaban J connectivity index is 1.87. The third-order valence-corrected chi connectivity index (χ3v) is 3.64. The molecule has 2 N–H and O–H groups in total. The van der Waals surface area contributed by atoms with Crippen molar-refractivity contribution in [2.24, 2.45) is 0 Å². The molecule has 1 heterocycles. The molecular formula is C16H13N3O4. The summed E-state index contributed by atoms with van der Waals surface area (Å²) in [5.41, 5.74) is 3.88. The molecule has 0 spiro atoms. The van der Waals surface area contributed by atoms with Gasteiger partial charge in [0.25, 0.3) is 11.6 Å². The van der Waals surface area contributed by atoms with E-state index in [4.69, 9.17) is 5.21 Å². The van der Waals surface area contributed by atoms with E-state index in [2.05, 4.69) is 0 Å². The van der Waals surface area contributed by atoms with Crippen LogP contribution in [0.3, 0.4) is 0 Å². The summed E-state index contributed by atoms with van der Waals surface area (Å²) in [7, 11) is 0. The smallest absolute Gasteiger partial charge is 0.274 e. The summed E-state index contributed by atoms with van der Waals surface area (Å²) in [6.07, 6.45) is 1.86. The number of non-ortho nitro benzene ring substituents is 1. The van der Waals surface area contributed by atoms with Gasteiger partial charge in [0, 0.05) is 41.3 Å². The van der Waals surface area contributed by atoms with Crippen molar-refractivity contribution in [1.82, 2.24) is 10.0 Å². The summed E-state index contributed by atoms with van der Waals surface area (Å²) in [6, 6.07) is 13.4. The lowest BCUT2D eigenvalue weighted by atomic mass is 10.1. The summed E-state index contributed by atoms with van der Waals surface area (Å²) in [5, 5.41) is 20.2. The predicted molar refractivity (Wildman–Crippen MR) is 83.4 cm³/mol. The highest BCUT2D eigenvalue weighted by Crippen LogP contribution is 2.22. The van der Waals surface area contributed by atoms with Gasteiger partial charge in [-0.3, -0.25) is 20.1 Å². The lowest BCUT2D eigenvalue weighted by Gasteiger charge is -2.07. The predicted octanol–water partition coefficient (Wildman–Crippen LogP) is 2.72. The first-order valence-electron chi connectivity index (χ1n) is 6.85. The number of nitrogens with zero attached hydrogens (tertiary/aromatic N) is 2. The molecule has 0 saturated carbocycles. The number of carbonyl (C=O) groups excluding carboxylic acids is 1. The molecule has 116 valence electrons. The van der Waals surface area contributed by atoms with Gasteiger partial charge < -0.3 is 4.57 Å². The Morgan fingerprint density at radius 3 is 2.57 bits per heavy atom. The number of benzene rings is 2. The molecule has 0 fully saturated rings. The molecular weight excluding hydrogens is 298 g/mol. The molecule has 0 atom stereocenters. The molecule has 7 nitrogen and oxygen atoms in total. The molecule has 1 aromatic heterocycles. The van der Waals surface area contributed by atoms with Crippen LogP contribution in [0.25, 0.3) is 10.9 Å². The number of nitro benzene ring substituents is 1. The van der Waals surface area contributed by atoms with E-state index in [-0.39, 0.29) is 5.69 Å². The molecule has 1 amide bonds. The van der Waals surface area contributed by atoms with Gasteiger partial charge in [0.1, 0.15) is 0 Å². The Morgan fingerprint density at radius 2 is 1.91 bits per heavy atom. The van der Waals surface area contributed by atoms with Crippen LogP contribution >= 0.6 is 0 Å². The Hall–Kier alpha value is -3.19. The van der Waals surface area contributed by atoms with Crippen LogP contribution in [0.1, 0.15) is 15.9 Å². The van der Waals surface area contributed by atoms with Crippen LogP contribution in [0.2, 0.25) is 0 Å². The third kappa shape index (κ3) is 2.90. The van der Waals surface area contributed by atoms with Gasteiger partial charge in [-0.25, -0.2) is 5.48 Å². The minimum atomic E-state index is -0.560. The first-order valence-corrected chi connectivity index (χ1v) is 6.85. The van der Waals surface area contributed by atoms with E-state index < -0.39 is 10.8 Å². The first-order chi connectivity index (χ1) is 11.1. The molecule has 2 aromatic carbocycles. The standard InChI is InChI=1S/C16H13N3O4/c20-16(17-21)12-3-1-11(2-4-12)10-18-8-7-13-9-14(19(22)23)5-6-15(13)18/h1-9,21H,10H2,(H,17,20). The number of amides is 1. The monoisotopic (exact) mass is 311 g/mol. The second-order valence-electron chi connectivity index (χ2n) is 5.08. The third-order valence-electron chi connectivity index (χ3n) is 3.64. The van der Waals surface area contributed by atoms with E-state index in [0.29, 0.717) is 12.1 Å². The molecule has 23 heavy (non-hydrogen) atoms. The van der Waals surface area contributed by atoms with Gasteiger partial charge in [0.2, 0.25) is 0 Å². The average molecular weight is 311 g/mol. The lowest BCUT2D eigenvalue weighted by Crippen LogP contribution is -2.18. The van der Waals surface area contributed by atoms with E-state index in [9.17, 15) is 14.9 Å². The Bertz CT molecular complexity index is 884. The molecule has 0 bridgehead atoms. The van der Waals surface area contributed by atoms with Crippen molar-refractivity contribution in [2.45, 2.75) is 6.54 Å². The molecule has 0 aliphatic heterocycles. The highest BCUT2D eigenvalue weighted by Gasteiger charge is 2.09. The number of fused-ring (bicyclic) bond motifs is 1. The Labute approximate surface area is 130 Å². The van der Waals surface area contributed by atoms with Crippen molar-refractivity contribution in [3.05, 3.63) is 76.0 Å². The SMILES string of the molecule is O=C(NO)c1ccc(Cn2ccc3cc([N+](=O)[O-])ccc32)cc1. The van der Waals surface area contributed by atoms with E-state index in [1.54, 1.807) is 41.9 Å². The van der Waals surface area contributed by atoms with Gasteiger partial charge in [-0.1, -0.05) is 12.1 Å². The molecule has 0 aliphatic carbocycles. The number of carbonyl (C=O) groups is 1. The molecule has 3 rings (SSSR count). The maximum absolute atomic E-state index is 11.3. The van der Waals surface area contributed by atoms with Gasteiger partial charge in [0.05, 0.1) is 4.92 Å². The summed E-state index contributed by atoms with van der Waals surface area (Å²) >= 11 is 0. The Kier molecular flexibility index (Phi) is 3.78. The molecule has 7 heteroatoms. The summed E-state index contributed by atoms with van der Waals surface area (Å²) < 4.78 is 1.97. The topological polar surface area (TPSA) is 97.4 Å². The summed E-state index contributed by atoms with van der Waals surface area (Å²) in [4.78, 5) is 21.7. The van der Waals surface area contributed by atoms with Crippen LogP contribution in [-0.4, -0.2) is 20.6 Å². The second-order valence-corrected chi connectivity index (χ2v) is 5.08. The minimum Gasteiger partial charge on any atom is -0.343 e. The lowest BCUT2D eigenvalue weighted by molar-refractivity contribution is -0.384. The minimum absolute atomic E-state index is 0.0645. The molecule has 0 unspecified atom stereocenters. The molecule has 0 radical (unpaired) electrons. The van der Waals surface area contributed by atoms with Crippen molar-refractivity contribution in [3.63, 3.8) is 0 Å². The molecule has 0 saturated heterocycles.